The number of aliphatic hydroxyl groups is 1. The Hall–Kier alpha value is -1.60. The molecule has 1 amide bonds. The standard InChI is InChI=1S/C13H16F3NO3/c14-13(15,16)9-20-7-6-12(19)17-11(8-18)10-4-2-1-3-5-10/h1-5,11,18H,6-9H2,(H,17,19)/t11-/m0/s1. The van der Waals surface area contributed by atoms with Crippen molar-refractivity contribution in [2.75, 3.05) is 19.8 Å². The van der Waals surface area contributed by atoms with Crippen LogP contribution in [0.4, 0.5) is 13.2 Å². The zero-order valence-corrected chi connectivity index (χ0v) is 10.7. The van der Waals surface area contributed by atoms with E-state index in [4.69, 9.17) is 0 Å². The van der Waals surface area contributed by atoms with Crippen LogP contribution in [0.25, 0.3) is 0 Å². The molecule has 0 aliphatic carbocycles. The van der Waals surface area contributed by atoms with Crippen molar-refractivity contribution in [1.82, 2.24) is 5.32 Å². The molecule has 0 aliphatic heterocycles. The van der Waals surface area contributed by atoms with Gasteiger partial charge in [0.25, 0.3) is 0 Å². The van der Waals surface area contributed by atoms with Crippen molar-refractivity contribution in [1.29, 1.82) is 0 Å². The number of hydrogen-bond donors (Lipinski definition) is 2. The molecule has 0 aliphatic rings. The van der Waals surface area contributed by atoms with E-state index in [1.807, 2.05) is 0 Å². The zero-order chi connectivity index (χ0) is 15.0. The number of aliphatic hydroxyl groups excluding tert-OH is 1. The molecule has 0 unspecified atom stereocenters. The third-order valence-electron chi connectivity index (χ3n) is 2.46. The Bertz CT molecular complexity index is 409. The summed E-state index contributed by atoms with van der Waals surface area (Å²) in [7, 11) is 0. The number of carbonyl (C=O) groups excluding carboxylic acids is 1. The van der Waals surface area contributed by atoms with Gasteiger partial charge < -0.3 is 15.2 Å². The van der Waals surface area contributed by atoms with E-state index in [9.17, 15) is 23.1 Å². The van der Waals surface area contributed by atoms with Gasteiger partial charge in [-0.25, -0.2) is 0 Å². The van der Waals surface area contributed by atoms with E-state index in [0.29, 0.717) is 0 Å². The second-order valence-electron chi connectivity index (χ2n) is 4.13. The van der Waals surface area contributed by atoms with Crippen LogP contribution in [-0.4, -0.2) is 37.0 Å². The van der Waals surface area contributed by atoms with Crippen LogP contribution in [-0.2, 0) is 9.53 Å². The van der Waals surface area contributed by atoms with Gasteiger partial charge >= 0.3 is 6.18 Å². The number of alkyl halides is 3. The molecule has 1 atom stereocenters. The summed E-state index contributed by atoms with van der Waals surface area (Å²) < 4.78 is 39.8. The van der Waals surface area contributed by atoms with Gasteiger partial charge in [-0.1, -0.05) is 30.3 Å². The average Bonchev–Trinajstić information content (AvgIpc) is 2.41. The maximum Gasteiger partial charge on any atom is 0.411 e. The van der Waals surface area contributed by atoms with Gasteiger partial charge in [0.1, 0.15) is 6.61 Å². The van der Waals surface area contributed by atoms with Crippen molar-refractivity contribution in [2.24, 2.45) is 0 Å². The summed E-state index contributed by atoms with van der Waals surface area (Å²) in [6.07, 6.45) is -4.59. The number of carbonyl (C=O) groups is 1. The van der Waals surface area contributed by atoms with Crippen LogP contribution in [0.3, 0.4) is 0 Å². The maximum atomic E-state index is 11.8. The average molecular weight is 291 g/mol. The van der Waals surface area contributed by atoms with Gasteiger partial charge in [0.15, 0.2) is 0 Å². The first-order valence-corrected chi connectivity index (χ1v) is 6.02. The molecule has 1 aromatic carbocycles. The van der Waals surface area contributed by atoms with Crippen LogP contribution < -0.4 is 5.32 Å². The van der Waals surface area contributed by atoms with Crippen molar-refractivity contribution < 1.29 is 27.8 Å². The number of benzene rings is 1. The Labute approximate surface area is 114 Å². The molecule has 7 heteroatoms. The Morgan fingerprint density at radius 1 is 1.30 bits per heavy atom. The van der Waals surface area contributed by atoms with Gasteiger partial charge in [-0.05, 0) is 5.56 Å². The van der Waals surface area contributed by atoms with Crippen LogP contribution in [0, 0.1) is 0 Å². The van der Waals surface area contributed by atoms with Crippen molar-refractivity contribution in [3.8, 4) is 0 Å². The normalized spacial score (nSPS) is 13.0. The molecule has 1 aromatic rings. The van der Waals surface area contributed by atoms with Gasteiger partial charge in [-0.3, -0.25) is 4.79 Å². The molecule has 4 nitrogen and oxygen atoms in total. The van der Waals surface area contributed by atoms with Gasteiger partial charge in [-0.15, -0.1) is 0 Å². The van der Waals surface area contributed by atoms with E-state index in [-0.39, 0.29) is 19.6 Å². The monoisotopic (exact) mass is 291 g/mol. The lowest BCUT2D eigenvalue weighted by atomic mass is 10.1. The topological polar surface area (TPSA) is 58.6 Å². The van der Waals surface area contributed by atoms with Crippen LogP contribution in [0.5, 0.6) is 0 Å². The highest BCUT2D eigenvalue weighted by atomic mass is 19.4. The van der Waals surface area contributed by atoms with E-state index in [2.05, 4.69) is 10.1 Å². The highest BCUT2D eigenvalue weighted by Crippen LogP contribution is 2.14. The number of rotatable bonds is 7. The number of nitrogens with one attached hydrogen (secondary N) is 1. The predicted octanol–water partition coefficient (Wildman–Crippen LogP) is 1.81. The number of amides is 1. The molecule has 112 valence electrons. The first kappa shape index (κ1) is 16.5. The van der Waals surface area contributed by atoms with E-state index in [1.54, 1.807) is 30.3 Å². The fraction of sp³-hybridized carbons (Fsp3) is 0.462. The second-order valence-corrected chi connectivity index (χ2v) is 4.13. The molecule has 0 bridgehead atoms. The molecule has 0 radical (unpaired) electrons. The quantitative estimate of drug-likeness (QED) is 0.753. The lowest BCUT2D eigenvalue weighted by molar-refractivity contribution is -0.174. The van der Waals surface area contributed by atoms with Crippen LogP contribution in [0.1, 0.15) is 18.0 Å². The third-order valence-corrected chi connectivity index (χ3v) is 2.46. The molecule has 2 N–H and O–H groups in total. The summed E-state index contributed by atoms with van der Waals surface area (Å²) in [5, 5.41) is 11.7. The number of hydrogen-bond acceptors (Lipinski definition) is 3. The first-order valence-electron chi connectivity index (χ1n) is 6.02. The molecule has 0 spiro atoms. The molecule has 0 heterocycles. The molecular formula is C13H16F3NO3. The summed E-state index contributed by atoms with van der Waals surface area (Å²) in [6, 6.07) is 8.21. The largest absolute Gasteiger partial charge is 0.411 e. The maximum absolute atomic E-state index is 11.8. The third kappa shape index (κ3) is 6.53. The summed E-state index contributed by atoms with van der Waals surface area (Å²) >= 11 is 0. The number of ether oxygens (including phenoxy) is 1. The van der Waals surface area contributed by atoms with Crippen LogP contribution in [0.15, 0.2) is 30.3 Å². The fourth-order valence-electron chi connectivity index (χ4n) is 1.54. The lowest BCUT2D eigenvalue weighted by Gasteiger charge is -2.16. The van der Waals surface area contributed by atoms with E-state index in [0.717, 1.165) is 5.56 Å². The van der Waals surface area contributed by atoms with E-state index < -0.39 is 24.7 Å². The van der Waals surface area contributed by atoms with Crippen LogP contribution in [0.2, 0.25) is 0 Å². The summed E-state index contributed by atoms with van der Waals surface area (Å²) in [5.41, 5.74) is 0.722. The van der Waals surface area contributed by atoms with E-state index in [1.165, 1.54) is 0 Å². The van der Waals surface area contributed by atoms with Gasteiger partial charge in [0, 0.05) is 6.42 Å². The minimum Gasteiger partial charge on any atom is -0.394 e. The molecule has 20 heavy (non-hydrogen) atoms. The van der Waals surface area contributed by atoms with E-state index >= 15 is 0 Å². The lowest BCUT2D eigenvalue weighted by Crippen LogP contribution is -2.31. The molecule has 0 saturated heterocycles. The minimum absolute atomic E-state index is 0.195. The zero-order valence-electron chi connectivity index (χ0n) is 10.7. The Balaban J connectivity index is 2.34. The fourth-order valence-corrected chi connectivity index (χ4v) is 1.54. The predicted molar refractivity (Wildman–Crippen MR) is 65.9 cm³/mol. The molecule has 0 fully saturated rings. The van der Waals surface area contributed by atoms with Crippen LogP contribution >= 0.6 is 0 Å². The molecular weight excluding hydrogens is 275 g/mol. The van der Waals surface area contributed by atoms with Gasteiger partial charge in [0.2, 0.25) is 5.91 Å². The number of halogens is 3. The highest BCUT2D eigenvalue weighted by Gasteiger charge is 2.27. The SMILES string of the molecule is O=C(CCOCC(F)(F)F)N[C@@H](CO)c1ccccc1. The van der Waals surface area contributed by atoms with Crippen molar-refractivity contribution in [3.05, 3.63) is 35.9 Å². The molecule has 1 rings (SSSR count). The van der Waals surface area contributed by atoms with Crippen molar-refractivity contribution >= 4 is 5.91 Å². The Morgan fingerprint density at radius 3 is 2.50 bits per heavy atom. The van der Waals surface area contributed by atoms with Gasteiger partial charge in [-0.2, -0.15) is 13.2 Å². The summed E-state index contributed by atoms with van der Waals surface area (Å²) in [5.74, 6) is -0.477. The Morgan fingerprint density at radius 2 is 1.95 bits per heavy atom. The van der Waals surface area contributed by atoms with Crippen molar-refractivity contribution in [2.45, 2.75) is 18.6 Å². The summed E-state index contributed by atoms with van der Waals surface area (Å²) in [6.45, 7) is -1.99. The Kier molecular flexibility index (Phi) is 6.47. The minimum atomic E-state index is -4.39. The molecule has 0 aromatic heterocycles. The highest BCUT2D eigenvalue weighted by molar-refractivity contribution is 5.76. The molecule has 0 saturated carbocycles. The smallest absolute Gasteiger partial charge is 0.394 e. The van der Waals surface area contributed by atoms with Gasteiger partial charge in [0.05, 0.1) is 19.3 Å². The first-order chi connectivity index (χ1) is 9.42. The second kappa shape index (κ2) is 7.86. The summed E-state index contributed by atoms with van der Waals surface area (Å²) in [4.78, 5) is 11.5. The van der Waals surface area contributed by atoms with Crippen molar-refractivity contribution in [3.63, 3.8) is 0 Å².